The third-order valence-electron chi connectivity index (χ3n) is 2.32. The predicted molar refractivity (Wildman–Crippen MR) is 59.6 cm³/mol. The maximum atomic E-state index is 5.69. The number of hydrogen-bond donors (Lipinski definition) is 1. The average Bonchev–Trinajstić information content (AvgIpc) is 2.87. The van der Waals surface area contributed by atoms with Gasteiger partial charge in [0.05, 0.1) is 18.8 Å². The van der Waals surface area contributed by atoms with E-state index in [4.69, 9.17) is 5.73 Å². The van der Waals surface area contributed by atoms with Crippen LogP contribution in [0.1, 0.15) is 31.3 Å². The van der Waals surface area contributed by atoms with Crippen molar-refractivity contribution in [2.45, 2.75) is 33.0 Å². The van der Waals surface area contributed by atoms with Gasteiger partial charge in [0, 0.05) is 18.3 Å². The van der Waals surface area contributed by atoms with Crippen LogP contribution in [-0.2, 0) is 13.1 Å². The van der Waals surface area contributed by atoms with E-state index in [1.54, 1.807) is 11.0 Å². The summed E-state index contributed by atoms with van der Waals surface area (Å²) in [6.07, 6.45) is 5.55. The van der Waals surface area contributed by atoms with E-state index in [0.29, 0.717) is 12.4 Å². The minimum Gasteiger partial charge on any atom is -0.321 e. The number of aromatic nitrogens is 5. The lowest BCUT2D eigenvalue weighted by molar-refractivity contribution is 0.643. The molecule has 2 N–H and O–H groups in total. The lowest BCUT2D eigenvalue weighted by Gasteiger charge is -1.98. The topological polar surface area (TPSA) is 74.5 Å². The summed E-state index contributed by atoms with van der Waals surface area (Å²) in [4.78, 5) is 4.14. The van der Waals surface area contributed by atoms with Gasteiger partial charge in [0.25, 0.3) is 0 Å². The van der Waals surface area contributed by atoms with Crippen molar-refractivity contribution >= 4 is 0 Å². The molecule has 0 fully saturated rings. The van der Waals surface area contributed by atoms with Gasteiger partial charge >= 0.3 is 0 Å². The second-order valence-electron chi connectivity index (χ2n) is 3.79. The number of nitrogens with zero attached hydrogens (tertiary/aromatic N) is 5. The Labute approximate surface area is 94.1 Å². The molecular weight excluding hydrogens is 204 g/mol. The van der Waals surface area contributed by atoms with Crippen LogP contribution in [0.4, 0.5) is 0 Å². The third-order valence-corrected chi connectivity index (χ3v) is 2.32. The van der Waals surface area contributed by atoms with Crippen LogP contribution in [0.2, 0.25) is 0 Å². The first-order valence-corrected chi connectivity index (χ1v) is 5.35. The van der Waals surface area contributed by atoms with Crippen molar-refractivity contribution in [2.24, 2.45) is 5.73 Å². The van der Waals surface area contributed by atoms with Crippen LogP contribution in [-0.4, -0.2) is 24.5 Å². The van der Waals surface area contributed by atoms with Crippen molar-refractivity contribution in [3.8, 4) is 0 Å². The Kier molecular flexibility index (Phi) is 3.00. The molecule has 0 aliphatic heterocycles. The summed E-state index contributed by atoms with van der Waals surface area (Å²) in [7, 11) is 0. The Morgan fingerprint density at radius 1 is 1.44 bits per heavy atom. The lowest BCUT2D eigenvalue weighted by Crippen LogP contribution is -2.08. The summed E-state index contributed by atoms with van der Waals surface area (Å²) >= 11 is 0. The molecule has 0 aliphatic carbocycles. The van der Waals surface area contributed by atoms with E-state index in [-0.39, 0.29) is 6.04 Å². The summed E-state index contributed by atoms with van der Waals surface area (Å²) < 4.78 is 3.66. The average molecular weight is 220 g/mol. The lowest BCUT2D eigenvalue weighted by atomic mass is 10.3. The second-order valence-corrected chi connectivity index (χ2v) is 3.79. The molecule has 2 aromatic rings. The van der Waals surface area contributed by atoms with Gasteiger partial charge in [-0.2, -0.15) is 10.2 Å². The summed E-state index contributed by atoms with van der Waals surface area (Å²) in [6, 6.07) is -0.125. The van der Waals surface area contributed by atoms with Crippen molar-refractivity contribution in [1.82, 2.24) is 24.5 Å². The van der Waals surface area contributed by atoms with Gasteiger partial charge in [0.2, 0.25) is 0 Å². The highest BCUT2D eigenvalue weighted by molar-refractivity contribution is 5.04. The minimum absolute atomic E-state index is 0.125. The normalized spacial score (nSPS) is 12.9. The van der Waals surface area contributed by atoms with E-state index in [1.165, 1.54) is 0 Å². The van der Waals surface area contributed by atoms with Crippen LogP contribution in [0.3, 0.4) is 0 Å². The molecule has 6 nitrogen and oxygen atoms in total. The van der Waals surface area contributed by atoms with E-state index in [1.807, 2.05) is 24.0 Å². The zero-order chi connectivity index (χ0) is 11.5. The highest BCUT2D eigenvalue weighted by Crippen LogP contribution is 2.04. The Hall–Kier alpha value is -1.69. The Morgan fingerprint density at radius 3 is 2.81 bits per heavy atom. The van der Waals surface area contributed by atoms with Gasteiger partial charge < -0.3 is 5.73 Å². The highest BCUT2D eigenvalue weighted by atomic mass is 15.3. The standard InChI is InChI=1S/C10H16N6/c1-3-15-5-9(4-13-15)6-16-7-12-10(14-16)8(2)11/h4-5,7-8H,3,6,11H2,1-2H3. The molecule has 0 spiro atoms. The third kappa shape index (κ3) is 2.27. The van der Waals surface area contributed by atoms with E-state index in [9.17, 15) is 0 Å². The maximum absolute atomic E-state index is 5.69. The zero-order valence-corrected chi connectivity index (χ0v) is 9.54. The molecule has 16 heavy (non-hydrogen) atoms. The summed E-state index contributed by atoms with van der Waals surface area (Å²) in [5.74, 6) is 0.669. The highest BCUT2D eigenvalue weighted by Gasteiger charge is 2.06. The number of aryl methyl sites for hydroxylation is 1. The van der Waals surface area contributed by atoms with Gasteiger partial charge in [-0.05, 0) is 13.8 Å². The molecule has 1 atom stereocenters. The molecule has 0 amide bonds. The fraction of sp³-hybridized carbons (Fsp3) is 0.500. The largest absolute Gasteiger partial charge is 0.321 e. The minimum atomic E-state index is -0.125. The van der Waals surface area contributed by atoms with Crippen molar-refractivity contribution in [3.63, 3.8) is 0 Å². The Bertz CT molecular complexity index is 455. The predicted octanol–water partition coefficient (Wildman–Crippen LogP) is 0.562. The van der Waals surface area contributed by atoms with Crippen LogP contribution in [0.25, 0.3) is 0 Å². The second kappa shape index (κ2) is 4.44. The monoisotopic (exact) mass is 220 g/mol. The number of nitrogens with two attached hydrogens (primary N) is 1. The van der Waals surface area contributed by atoms with Crippen LogP contribution in [0, 0.1) is 0 Å². The van der Waals surface area contributed by atoms with E-state index < -0.39 is 0 Å². The molecule has 0 aromatic carbocycles. The fourth-order valence-corrected chi connectivity index (χ4v) is 1.44. The van der Waals surface area contributed by atoms with Gasteiger partial charge in [-0.25, -0.2) is 9.67 Å². The first-order chi connectivity index (χ1) is 7.69. The van der Waals surface area contributed by atoms with Crippen LogP contribution < -0.4 is 5.73 Å². The van der Waals surface area contributed by atoms with Crippen molar-refractivity contribution in [1.29, 1.82) is 0 Å². The molecule has 2 heterocycles. The van der Waals surface area contributed by atoms with E-state index in [0.717, 1.165) is 12.1 Å². The van der Waals surface area contributed by atoms with Gasteiger partial charge in [-0.3, -0.25) is 4.68 Å². The van der Waals surface area contributed by atoms with E-state index in [2.05, 4.69) is 22.1 Å². The molecule has 0 aliphatic rings. The van der Waals surface area contributed by atoms with Gasteiger partial charge in [-0.1, -0.05) is 0 Å². The molecule has 2 aromatic heterocycles. The molecule has 0 saturated heterocycles. The Morgan fingerprint density at radius 2 is 2.25 bits per heavy atom. The van der Waals surface area contributed by atoms with Gasteiger partial charge in [0.15, 0.2) is 5.82 Å². The summed E-state index contributed by atoms with van der Waals surface area (Å²) in [5.41, 5.74) is 6.81. The summed E-state index contributed by atoms with van der Waals surface area (Å²) in [5, 5.41) is 8.49. The first-order valence-electron chi connectivity index (χ1n) is 5.35. The molecule has 6 heteroatoms. The first kappa shape index (κ1) is 10.8. The van der Waals surface area contributed by atoms with Crippen molar-refractivity contribution < 1.29 is 0 Å². The van der Waals surface area contributed by atoms with Crippen LogP contribution in [0.15, 0.2) is 18.7 Å². The van der Waals surface area contributed by atoms with Crippen LogP contribution in [0.5, 0.6) is 0 Å². The van der Waals surface area contributed by atoms with Crippen LogP contribution >= 0.6 is 0 Å². The summed E-state index contributed by atoms with van der Waals surface area (Å²) in [6.45, 7) is 5.48. The molecular formula is C10H16N6. The van der Waals surface area contributed by atoms with Gasteiger partial charge in [-0.15, -0.1) is 0 Å². The smallest absolute Gasteiger partial charge is 0.166 e. The quantitative estimate of drug-likeness (QED) is 0.817. The van der Waals surface area contributed by atoms with E-state index >= 15 is 0 Å². The maximum Gasteiger partial charge on any atom is 0.166 e. The van der Waals surface area contributed by atoms with Gasteiger partial charge in [0.1, 0.15) is 6.33 Å². The molecule has 0 saturated carbocycles. The number of hydrogen-bond acceptors (Lipinski definition) is 4. The molecule has 0 bridgehead atoms. The molecule has 86 valence electrons. The SMILES string of the molecule is CCn1cc(Cn2cnc(C(C)N)n2)cn1. The Balaban J connectivity index is 2.08. The van der Waals surface area contributed by atoms with Crippen molar-refractivity contribution in [2.75, 3.05) is 0 Å². The molecule has 2 rings (SSSR count). The van der Waals surface area contributed by atoms with Crippen molar-refractivity contribution in [3.05, 3.63) is 30.1 Å². The fourth-order valence-electron chi connectivity index (χ4n) is 1.44. The zero-order valence-electron chi connectivity index (χ0n) is 9.54. The number of rotatable bonds is 4. The molecule has 1 unspecified atom stereocenters. The molecule has 0 radical (unpaired) electrons.